The van der Waals surface area contributed by atoms with Crippen LogP contribution in [0.2, 0.25) is 10.0 Å². The number of sulfonamides is 1. The van der Waals surface area contributed by atoms with E-state index in [4.69, 9.17) is 23.2 Å². The first kappa shape index (κ1) is 18.3. The molecule has 2 aromatic carbocycles. The molecular weight excluding hydrogens is 373 g/mol. The molecule has 0 aliphatic carbocycles. The molecule has 0 spiro atoms. The van der Waals surface area contributed by atoms with Crippen molar-refractivity contribution in [1.82, 2.24) is 0 Å². The zero-order valence-electron chi connectivity index (χ0n) is 12.5. The third kappa shape index (κ3) is 4.99. The van der Waals surface area contributed by atoms with Crippen LogP contribution in [0.15, 0.2) is 47.9 Å². The number of anilines is 1. The first-order valence-corrected chi connectivity index (χ1v) is 8.95. The molecule has 0 aliphatic rings. The van der Waals surface area contributed by atoms with E-state index in [1.807, 2.05) is 0 Å². The van der Waals surface area contributed by atoms with E-state index in [-0.39, 0.29) is 16.3 Å². The molecule has 0 radical (unpaired) electrons. The second kappa shape index (κ2) is 7.70. The Kier molecular flexibility index (Phi) is 5.88. The van der Waals surface area contributed by atoms with Gasteiger partial charge in [-0.1, -0.05) is 35.3 Å². The number of ether oxygens (including phenoxy) is 1. The fourth-order valence-electron chi connectivity index (χ4n) is 1.82. The van der Waals surface area contributed by atoms with Crippen LogP contribution in [-0.2, 0) is 14.8 Å². The molecule has 24 heavy (non-hydrogen) atoms. The molecule has 0 heterocycles. The standard InChI is InChI=1S/C16H13Cl2NO4S/c1-23-16(20)14-7-6-13(18)10-15(14)19-24(21,22)9-8-11-2-4-12(17)5-3-11/h2-10,19H,1H3/b9-8+. The summed E-state index contributed by atoms with van der Waals surface area (Å²) in [5.41, 5.74) is 0.754. The molecule has 0 bridgehead atoms. The monoisotopic (exact) mass is 385 g/mol. The van der Waals surface area contributed by atoms with Crippen LogP contribution >= 0.6 is 23.2 Å². The molecule has 0 unspecified atom stereocenters. The van der Waals surface area contributed by atoms with Gasteiger partial charge in [-0.05, 0) is 42.0 Å². The normalized spacial score (nSPS) is 11.5. The lowest BCUT2D eigenvalue weighted by atomic mass is 10.2. The van der Waals surface area contributed by atoms with Crippen LogP contribution in [0.3, 0.4) is 0 Å². The number of esters is 1. The zero-order valence-corrected chi connectivity index (χ0v) is 14.8. The minimum atomic E-state index is -3.85. The predicted octanol–water partition coefficient (Wildman–Crippen LogP) is 4.19. The van der Waals surface area contributed by atoms with Crippen molar-refractivity contribution in [2.45, 2.75) is 0 Å². The van der Waals surface area contributed by atoms with Crippen LogP contribution in [0.4, 0.5) is 5.69 Å². The topological polar surface area (TPSA) is 72.5 Å². The van der Waals surface area contributed by atoms with Gasteiger partial charge in [-0.25, -0.2) is 13.2 Å². The van der Waals surface area contributed by atoms with Gasteiger partial charge in [0.2, 0.25) is 0 Å². The fourth-order valence-corrected chi connectivity index (χ4v) is 3.00. The van der Waals surface area contributed by atoms with Crippen molar-refractivity contribution in [2.24, 2.45) is 0 Å². The van der Waals surface area contributed by atoms with E-state index in [2.05, 4.69) is 9.46 Å². The third-order valence-corrected chi connectivity index (χ3v) is 4.43. The number of hydrogen-bond donors (Lipinski definition) is 1. The second-order valence-electron chi connectivity index (χ2n) is 4.68. The van der Waals surface area contributed by atoms with E-state index in [9.17, 15) is 13.2 Å². The fraction of sp³-hybridized carbons (Fsp3) is 0.0625. The van der Waals surface area contributed by atoms with Crippen LogP contribution in [-0.4, -0.2) is 21.5 Å². The van der Waals surface area contributed by atoms with E-state index < -0.39 is 16.0 Å². The first-order valence-electron chi connectivity index (χ1n) is 6.65. The summed E-state index contributed by atoms with van der Waals surface area (Å²) in [6, 6.07) is 10.8. The Hall–Kier alpha value is -2.02. The van der Waals surface area contributed by atoms with Gasteiger partial charge in [-0.2, -0.15) is 0 Å². The molecule has 0 fully saturated rings. The number of carbonyl (C=O) groups excluding carboxylic acids is 1. The summed E-state index contributed by atoms with van der Waals surface area (Å²) in [5.74, 6) is -0.675. The van der Waals surface area contributed by atoms with Gasteiger partial charge in [0.25, 0.3) is 10.0 Å². The largest absolute Gasteiger partial charge is 0.465 e. The molecular formula is C16H13Cl2NO4S. The van der Waals surface area contributed by atoms with E-state index in [0.29, 0.717) is 10.6 Å². The number of carbonyl (C=O) groups is 1. The lowest BCUT2D eigenvalue weighted by Crippen LogP contribution is -2.13. The highest BCUT2D eigenvalue weighted by molar-refractivity contribution is 7.95. The summed E-state index contributed by atoms with van der Waals surface area (Å²) in [4.78, 5) is 11.7. The lowest BCUT2D eigenvalue weighted by Gasteiger charge is -2.10. The number of nitrogens with one attached hydrogen (secondary N) is 1. The van der Waals surface area contributed by atoms with Crippen molar-refractivity contribution in [1.29, 1.82) is 0 Å². The minimum absolute atomic E-state index is 0.0371. The van der Waals surface area contributed by atoms with E-state index in [0.717, 1.165) is 5.41 Å². The summed E-state index contributed by atoms with van der Waals surface area (Å²) in [6.45, 7) is 0. The van der Waals surface area contributed by atoms with Crippen molar-refractivity contribution in [3.63, 3.8) is 0 Å². The van der Waals surface area contributed by atoms with Crippen molar-refractivity contribution in [2.75, 3.05) is 11.8 Å². The third-order valence-electron chi connectivity index (χ3n) is 2.95. The maximum absolute atomic E-state index is 12.2. The number of hydrogen-bond acceptors (Lipinski definition) is 4. The van der Waals surface area contributed by atoms with Crippen LogP contribution in [0.5, 0.6) is 0 Å². The molecule has 0 aromatic heterocycles. The highest BCUT2D eigenvalue weighted by atomic mass is 35.5. The molecule has 126 valence electrons. The molecule has 8 heteroatoms. The average molecular weight is 386 g/mol. The molecule has 0 atom stereocenters. The van der Waals surface area contributed by atoms with Gasteiger partial charge >= 0.3 is 5.97 Å². The molecule has 0 aliphatic heterocycles. The quantitative estimate of drug-likeness (QED) is 0.782. The molecule has 2 rings (SSSR count). The van der Waals surface area contributed by atoms with Gasteiger partial charge in [-0.3, -0.25) is 4.72 Å². The van der Waals surface area contributed by atoms with Crippen molar-refractivity contribution in [3.05, 3.63) is 69.0 Å². The maximum atomic E-state index is 12.2. The van der Waals surface area contributed by atoms with Crippen LogP contribution in [0.1, 0.15) is 15.9 Å². The Balaban J connectivity index is 2.27. The van der Waals surface area contributed by atoms with Crippen LogP contribution < -0.4 is 4.72 Å². The Morgan fingerprint density at radius 2 is 1.71 bits per heavy atom. The number of halogens is 2. The lowest BCUT2D eigenvalue weighted by molar-refractivity contribution is 0.0602. The Bertz CT molecular complexity index is 877. The minimum Gasteiger partial charge on any atom is -0.465 e. The smallest absolute Gasteiger partial charge is 0.339 e. The summed E-state index contributed by atoms with van der Waals surface area (Å²) < 4.78 is 31.3. The average Bonchev–Trinajstić information content (AvgIpc) is 2.53. The molecule has 5 nitrogen and oxygen atoms in total. The predicted molar refractivity (Wildman–Crippen MR) is 95.8 cm³/mol. The number of methoxy groups -OCH3 is 1. The SMILES string of the molecule is COC(=O)c1ccc(Cl)cc1NS(=O)(=O)/C=C/c1ccc(Cl)cc1. The highest BCUT2D eigenvalue weighted by Crippen LogP contribution is 2.23. The molecule has 2 aromatic rings. The van der Waals surface area contributed by atoms with Crippen molar-refractivity contribution < 1.29 is 17.9 Å². The summed E-state index contributed by atoms with van der Waals surface area (Å²) >= 11 is 11.6. The van der Waals surface area contributed by atoms with Gasteiger partial charge in [0, 0.05) is 10.0 Å². The molecule has 0 saturated carbocycles. The number of benzene rings is 2. The summed E-state index contributed by atoms with van der Waals surface area (Å²) in [7, 11) is -2.65. The maximum Gasteiger partial charge on any atom is 0.339 e. The zero-order chi connectivity index (χ0) is 17.7. The van der Waals surface area contributed by atoms with Crippen molar-refractivity contribution >= 4 is 51.0 Å². The van der Waals surface area contributed by atoms with Gasteiger partial charge in [-0.15, -0.1) is 0 Å². The van der Waals surface area contributed by atoms with Crippen LogP contribution in [0, 0.1) is 0 Å². The van der Waals surface area contributed by atoms with E-state index in [1.165, 1.54) is 31.4 Å². The Morgan fingerprint density at radius 3 is 2.33 bits per heavy atom. The van der Waals surface area contributed by atoms with Gasteiger partial charge in [0.05, 0.1) is 23.8 Å². The summed E-state index contributed by atoms with van der Waals surface area (Å²) in [5, 5.41) is 1.81. The Morgan fingerprint density at radius 1 is 1.08 bits per heavy atom. The highest BCUT2D eigenvalue weighted by Gasteiger charge is 2.16. The molecule has 0 amide bonds. The van der Waals surface area contributed by atoms with Crippen LogP contribution in [0.25, 0.3) is 6.08 Å². The number of rotatable bonds is 5. The molecule has 1 N–H and O–H groups in total. The van der Waals surface area contributed by atoms with Crippen molar-refractivity contribution in [3.8, 4) is 0 Å². The Labute approximate surface area is 149 Å². The molecule has 0 saturated heterocycles. The van der Waals surface area contributed by atoms with Gasteiger partial charge in [0.1, 0.15) is 0 Å². The first-order chi connectivity index (χ1) is 11.3. The van der Waals surface area contributed by atoms with Gasteiger partial charge in [0.15, 0.2) is 0 Å². The second-order valence-corrected chi connectivity index (χ2v) is 7.12. The van der Waals surface area contributed by atoms with E-state index >= 15 is 0 Å². The van der Waals surface area contributed by atoms with Gasteiger partial charge < -0.3 is 4.74 Å². The summed E-state index contributed by atoms with van der Waals surface area (Å²) in [6.07, 6.45) is 1.40. The van der Waals surface area contributed by atoms with E-state index in [1.54, 1.807) is 24.3 Å².